The SMILES string of the molecule is Nc1cccc(CC(=O)Nc2cccc(CO)c2)c1. The Morgan fingerprint density at radius 1 is 1.11 bits per heavy atom. The summed E-state index contributed by atoms with van der Waals surface area (Å²) < 4.78 is 0. The van der Waals surface area contributed by atoms with Crippen LogP contribution >= 0.6 is 0 Å². The fourth-order valence-electron chi connectivity index (χ4n) is 1.84. The van der Waals surface area contributed by atoms with E-state index in [-0.39, 0.29) is 18.9 Å². The molecule has 0 saturated heterocycles. The van der Waals surface area contributed by atoms with E-state index in [1.165, 1.54) is 0 Å². The standard InChI is InChI=1S/C15H16N2O2/c16-13-5-1-3-11(7-13)9-15(19)17-14-6-2-4-12(8-14)10-18/h1-8,18H,9-10,16H2,(H,17,19). The van der Waals surface area contributed by atoms with Crippen LogP contribution in [0.5, 0.6) is 0 Å². The minimum atomic E-state index is -0.110. The molecule has 2 rings (SSSR count). The van der Waals surface area contributed by atoms with Gasteiger partial charge in [0.05, 0.1) is 13.0 Å². The van der Waals surface area contributed by atoms with Crippen LogP contribution in [0.2, 0.25) is 0 Å². The second-order valence-electron chi connectivity index (χ2n) is 4.33. The first-order valence-electron chi connectivity index (χ1n) is 6.01. The highest BCUT2D eigenvalue weighted by atomic mass is 16.3. The van der Waals surface area contributed by atoms with Gasteiger partial charge in [-0.2, -0.15) is 0 Å². The molecule has 0 fully saturated rings. The predicted molar refractivity (Wildman–Crippen MR) is 75.6 cm³/mol. The van der Waals surface area contributed by atoms with Crippen molar-refractivity contribution in [3.8, 4) is 0 Å². The van der Waals surface area contributed by atoms with Gasteiger partial charge in [-0.1, -0.05) is 24.3 Å². The number of aliphatic hydroxyl groups excluding tert-OH is 1. The summed E-state index contributed by atoms with van der Waals surface area (Å²) in [6, 6.07) is 14.4. The Kier molecular flexibility index (Phi) is 4.15. The summed E-state index contributed by atoms with van der Waals surface area (Å²) in [7, 11) is 0. The monoisotopic (exact) mass is 256 g/mol. The molecule has 0 bridgehead atoms. The third-order valence-corrected chi connectivity index (χ3v) is 2.71. The Hall–Kier alpha value is -2.33. The number of rotatable bonds is 4. The number of nitrogen functional groups attached to an aromatic ring is 1. The Balaban J connectivity index is 2.01. The van der Waals surface area contributed by atoms with Gasteiger partial charge in [-0.25, -0.2) is 0 Å². The molecule has 0 aliphatic carbocycles. The second kappa shape index (κ2) is 6.02. The third-order valence-electron chi connectivity index (χ3n) is 2.71. The number of carbonyl (C=O) groups excluding carboxylic acids is 1. The molecule has 0 saturated carbocycles. The molecule has 0 radical (unpaired) electrons. The minimum Gasteiger partial charge on any atom is -0.399 e. The highest BCUT2D eigenvalue weighted by molar-refractivity contribution is 5.92. The van der Waals surface area contributed by atoms with Gasteiger partial charge in [0.2, 0.25) is 5.91 Å². The Morgan fingerprint density at radius 3 is 2.58 bits per heavy atom. The number of aliphatic hydroxyl groups is 1. The van der Waals surface area contributed by atoms with E-state index in [0.29, 0.717) is 11.4 Å². The van der Waals surface area contributed by atoms with Crippen LogP contribution in [0.15, 0.2) is 48.5 Å². The summed E-state index contributed by atoms with van der Waals surface area (Å²) in [6.07, 6.45) is 0.272. The molecule has 98 valence electrons. The number of hydrogen-bond donors (Lipinski definition) is 3. The van der Waals surface area contributed by atoms with Gasteiger partial charge in [0, 0.05) is 11.4 Å². The molecule has 0 atom stereocenters. The van der Waals surface area contributed by atoms with Crippen molar-refractivity contribution < 1.29 is 9.90 Å². The summed E-state index contributed by atoms with van der Waals surface area (Å²) in [5, 5.41) is 11.8. The highest BCUT2D eigenvalue weighted by Crippen LogP contribution is 2.12. The first kappa shape index (κ1) is 13.1. The first-order valence-corrected chi connectivity index (χ1v) is 6.01. The van der Waals surface area contributed by atoms with Crippen molar-refractivity contribution in [3.63, 3.8) is 0 Å². The normalized spacial score (nSPS) is 10.2. The van der Waals surface area contributed by atoms with E-state index in [1.54, 1.807) is 36.4 Å². The molecular weight excluding hydrogens is 240 g/mol. The second-order valence-corrected chi connectivity index (χ2v) is 4.33. The Morgan fingerprint density at radius 2 is 1.84 bits per heavy atom. The van der Waals surface area contributed by atoms with Crippen molar-refractivity contribution in [2.75, 3.05) is 11.1 Å². The van der Waals surface area contributed by atoms with Crippen molar-refractivity contribution in [3.05, 3.63) is 59.7 Å². The molecule has 0 unspecified atom stereocenters. The average Bonchev–Trinajstić information content (AvgIpc) is 2.38. The zero-order valence-corrected chi connectivity index (χ0v) is 10.5. The number of anilines is 2. The summed E-state index contributed by atoms with van der Waals surface area (Å²) >= 11 is 0. The molecular formula is C15H16N2O2. The summed E-state index contributed by atoms with van der Waals surface area (Å²) in [5.74, 6) is -0.110. The zero-order valence-electron chi connectivity index (χ0n) is 10.5. The van der Waals surface area contributed by atoms with Crippen LogP contribution in [0.4, 0.5) is 11.4 Å². The van der Waals surface area contributed by atoms with Crippen LogP contribution in [-0.2, 0) is 17.8 Å². The van der Waals surface area contributed by atoms with E-state index in [9.17, 15) is 4.79 Å². The van der Waals surface area contributed by atoms with Gasteiger partial charge in [-0.15, -0.1) is 0 Å². The molecule has 0 aromatic heterocycles. The van der Waals surface area contributed by atoms with Crippen molar-refractivity contribution in [1.29, 1.82) is 0 Å². The van der Waals surface area contributed by atoms with Gasteiger partial charge in [-0.05, 0) is 35.4 Å². The lowest BCUT2D eigenvalue weighted by Crippen LogP contribution is -2.14. The molecule has 0 spiro atoms. The first-order chi connectivity index (χ1) is 9.17. The molecule has 1 amide bonds. The quantitative estimate of drug-likeness (QED) is 0.732. The molecule has 19 heavy (non-hydrogen) atoms. The third kappa shape index (κ3) is 3.82. The van der Waals surface area contributed by atoms with Gasteiger partial charge in [0.25, 0.3) is 0 Å². The number of hydrogen-bond acceptors (Lipinski definition) is 3. The number of nitrogens with two attached hydrogens (primary N) is 1. The maximum atomic E-state index is 11.9. The molecule has 2 aromatic rings. The lowest BCUT2D eigenvalue weighted by molar-refractivity contribution is -0.115. The summed E-state index contributed by atoms with van der Waals surface area (Å²) in [6.45, 7) is -0.0427. The lowest BCUT2D eigenvalue weighted by atomic mass is 10.1. The van der Waals surface area contributed by atoms with Gasteiger partial charge in [0.1, 0.15) is 0 Å². The van der Waals surface area contributed by atoms with Crippen LogP contribution in [0.3, 0.4) is 0 Å². The highest BCUT2D eigenvalue weighted by Gasteiger charge is 2.04. The van der Waals surface area contributed by atoms with E-state index < -0.39 is 0 Å². The fourth-order valence-corrected chi connectivity index (χ4v) is 1.84. The van der Waals surface area contributed by atoms with Crippen LogP contribution in [0, 0.1) is 0 Å². The van der Waals surface area contributed by atoms with Gasteiger partial charge < -0.3 is 16.2 Å². The summed E-state index contributed by atoms with van der Waals surface area (Å²) in [4.78, 5) is 11.9. The minimum absolute atomic E-state index is 0.0427. The van der Waals surface area contributed by atoms with E-state index in [4.69, 9.17) is 10.8 Å². The van der Waals surface area contributed by atoms with Crippen LogP contribution in [0.25, 0.3) is 0 Å². The molecule has 4 N–H and O–H groups in total. The number of carbonyl (C=O) groups is 1. The lowest BCUT2D eigenvalue weighted by Gasteiger charge is -2.07. The van der Waals surface area contributed by atoms with Gasteiger partial charge in [0.15, 0.2) is 0 Å². The van der Waals surface area contributed by atoms with Crippen LogP contribution in [-0.4, -0.2) is 11.0 Å². The topological polar surface area (TPSA) is 75.4 Å². The van der Waals surface area contributed by atoms with E-state index in [1.807, 2.05) is 12.1 Å². The Bertz CT molecular complexity index is 582. The molecule has 4 heteroatoms. The van der Waals surface area contributed by atoms with Crippen LogP contribution in [0.1, 0.15) is 11.1 Å². The van der Waals surface area contributed by atoms with Gasteiger partial charge >= 0.3 is 0 Å². The Labute approximate surface area is 111 Å². The van der Waals surface area contributed by atoms with E-state index >= 15 is 0 Å². The average molecular weight is 256 g/mol. The molecule has 0 heterocycles. The fraction of sp³-hybridized carbons (Fsp3) is 0.133. The van der Waals surface area contributed by atoms with E-state index in [0.717, 1.165) is 11.1 Å². The van der Waals surface area contributed by atoms with Crippen molar-refractivity contribution in [2.45, 2.75) is 13.0 Å². The van der Waals surface area contributed by atoms with Gasteiger partial charge in [-0.3, -0.25) is 4.79 Å². The van der Waals surface area contributed by atoms with Crippen molar-refractivity contribution >= 4 is 17.3 Å². The predicted octanol–water partition coefficient (Wildman–Crippen LogP) is 1.94. The number of amides is 1. The van der Waals surface area contributed by atoms with Crippen molar-refractivity contribution in [1.82, 2.24) is 0 Å². The largest absolute Gasteiger partial charge is 0.399 e. The van der Waals surface area contributed by atoms with E-state index in [2.05, 4.69) is 5.32 Å². The van der Waals surface area contributed by atoms with Crippen molar-refractivity contribution in [2.24, 2.45) is 0 Å². The molecule has 2 aromatic carbocycles. The zero-order chi connectivity index (χ0) is 13.7. The van der Waals surface area contributed by atoms with Crippen LogP contribution < -0.4 is 11.1 Å². The number of nitrogens with one attached hydrogen (secondary N) is 1. The molecule has 0 aliphatic rings. The molecule has 0 aliphatic heterocycles. The summed E-state index contributed by atoms with van der Waals surface area (Å²) in [5.41, 5.74) is 8.63. The maximum Gasteiger partial charge on any atom is 0.228 e. The maximum absolute atomic E-state index is 11.9. The smallest absolute Gasteiger partial charge is 0.228 e. The molecule has 4 nitrogen and oxygen atoms in total. The number of benzene rings is 2.